The van der Waals surface area contributed by atoms with E-state index < -0.39 is 5.97 Å². The van der Waals surface area contributed by atoms with E-state index in [1.165, 1.54) is 0 Å². The van der Waals surface area contributed by atoms with Crippen molar-refractivity contribution in [2.75, 3.05) is 13.2 Å². The van der Waals surface area contributed by atoms with E-state index in [1.807, 2.05) is 30.3 Å². The topological polar surface area (TPSA) is 66.2 Å². The molecule has 1 aromatic carbocycles. The molecule has 0 saturated carbocycles. The average Bonchev–Trinajstić information content (AvgIpc) is 3.17. The highest BCUT2D eigenvalue weighted by molar-refractivity contribution is 5.85. The number of carbonyl (C=O) groups is 1. The van der Waals surface area contributed by atoms with Crippen molar-refractivity contribution in [2.24, 2.45) is 0 Å². The minimum Gasteiger partial charge on any atom is -0.460 e. The van der Waals surface area contributed by atoms with E-state index in [1.54, 1.807) is 11.6 Å². The maximum Gasteiger partial charge on any atom is 0.378 e. The first-order valence-corrected chi connectivity index (χ1v) is 7.10. The Morgan fingerprint density at radius 1 is 1.43 bits per heavy atom. The van der Waals surface area contributed by atoms with Gasteiger partial charge in [-0.25, -0.2) is 14.5 Å². The first-order chi connectivity index (χ1) is 10.3. The lowest BCUT2D eigenvalue weighted by Crippen LogP contribution is -2.08. The lowest BCUT2D eigenvalue weighted by atomic mass is 10.2. The zero-order valence-corrected chi connectivity index (χ0v) is 11.9. The van der Waals surface area contributed by atoms with Crippen LogP contribution in [0.2, 0.25) is 0 Å². The van der Waals surface area contributed by atoms with Gasteiger partial charge >= 0.3 is 5.97 Å². The molecule has 1 aliphatic heterocycles. The summed E-state index contributed by atoms with van der Waals surface area (Å²) in [6.45, 7) is 2.77. The van der Waals surface area contributed by atoms with Gasteiger partial charge in [0.1, 0.15) is 6.10 Å². The van der Waals surface area contributed by atoms with Gasteiger partial charge in [0.15, 0.2) is 5.82 Å². The summed E-state index contributed by atoms with van der Waals surface area (Å²) in [7, 11) is 0. The maximum absolute atomic E-state index is 11.9. The molecular weight excluding hydrogens is 270 g/mol. The highest BCUT2D eigenvalue weighted by atomic mass is 16.5. The number of para-hydroxylation sites is 1. The second kappa shape index (κ2) is 6.05. The van der Waals surface area contributed by atoms with E-state index in [4.69, 9.17) is 9.47 Å². The molecule has 0 bridgehead atoms. The Morgan fingerprint density at radius 3 is 2.90 bits per heavy atom. The van der Waals surface area contributed by atoms with Crippen LogP contribution in [0, 0.1) is 0 Å². The van der Waals surface area contributed by atoms with Gasteiger partial charge in [0.25, 0.3) is 5.82 Å². The van der Waals surface area contributed by atoms with E-state index in [0.29, 0.717) is 19.0 Å². The van der Waals surface area contributed by atoms with Crippen molar-refractivity contribution in [3.05, 3.63) is 42.0 Å². The van der Waals surface area contributed by atoms with Gasteiger partial charge in [-0.2, -0.15) is 0 Å². The summed E-state index contributed by atoms with van der Waals surface area (Å²) in [4.78, 5) is 16.2. The van der Waals surface area contributed by atoms with Crippen LogP contribution in [-0.4, -0.2) is 33.9 Å². The molecule has 3 rings (SSSR count). The Hall–Kier alpha value is -2.21. The lowest BCUT2D eigenvalue weighted by Gasteiger charge is -2.10. The van der Waals surface area contributed by atoms with E-state index in [-0.39, 0.29) is 11.9 Å². The Kier molecular flexibility index (Phi) is 3.96. The molecule has 21 heavy (non-hydrogen) atoms. The van der Waals surface area contributed by atoms with Crippen molar-refractivity contribution in [3.8, 4) is 5.69 Å². The first-order valence-electron chi connectivity index (χ1n) is 7.10. The molecule has 2 heterocycles. The van der Waals surface area contributed by atoms with Crippen molar-refractivity contribution in [1.82, 2.24) is 14.8 Å². The number of benzene rings is 1. The summed E-state index contributed by atoms with van der Waals surface area (Å²) < 4.78 is 12.3. The summed E-state index contributed by atoms with van der Waals surface area (Å²) in [6.07, 6.45) is 1.75. The first kappa shape index (κ1) is 13.8. The fourth-order valence-corrected chi connectivity index (χ4v) is 2.36. The van der Waals surface area contributed by atoms with Crippen LogP contribution in [0.3, 0.4) is 0 Å². The van der Waals surface area contributed by atoms with Crippen molar-refractivity contribution in [2.45, 2.75) is 25.9 Å². The highest BCUT2D eigenvalue weighted by Crippen LogP contribution is 2.28. The molecule has 1 aliphatic rings. The smallest absolute Gasteiger partial charge is 0.378 e. The molecular formula is C15H17N3O3. The number of hydrogen-bond donors (Lipinski definition) is 0. The molecule has 1 atom stereocenters. The third-order valence-corrected chi connectivity index (χ3v) is 3.31. The molecule has 2 aromatic rings. The Balaban J connectivity index is 2.01. The minimum atomic E-state index is -0.508. The van der Waals surface area contributed by atoms with Gasteiger partial charge in [-0.1, -0.05) is 18.2 Å². The van der Waals surface area contributed by atoms with Gasteiger partial charge in [0, 0.05) is 6.61 Å². The van der Waals surface area contributed by atoms with Gasteiger partial charge < -0.3 is 9.47 Å². The third kappa shape index (κ3) is 2.80. The number of carbonyl (C=O) groups excluding carboxylic acids is 1. The van der Waals surface area contributed by atoms with Crippen molar-refractivity contribution in [1.29, 1.82) is 0 Å². The molecule has 0 spiro atoms. The summed E-state index contributed by atoms with van der Waals surface area (Å²) in [5.41, 5.74) is 0.853. The summed E-state index contributed by atoms with van der Waals surface area (Å²) in [5.74, 6) is 0.222. The third-order valence-electron chi connectivity index (χ3n) is 3.31. The molecule has 1 fully saturated rings. The molecule has 0 amide bonds. The van der Waals surface area contributed by atoms with E-state index >= 15 is 0 Å². The number of ether oxygens (including phenoxy) is 2. The zero-order chi connectivity index (χ0) is 14.7. The molecule has 1 saturated heterocycles. The number of aromatic nitrogens is 3. The van der Waals surface area contributed by atoms with Crippen LogP contribution in [0.1, 0.15) is 42.3 Å². The van der Waals surface area contributed by atoms with Crippen LogP contribution in [0.25, 0.3) is 5.69 Å². The molecule has 0 aliphatic carbocycles. The van der Waals surface area contributed by atoms with Gasteiger partial charge in [-0.05, 0) is 31.9 Å². The minimum absolute atomic E-state index is 0.0752. The normalized spacial score (nSPS) is 17.9. The van der Waals surface area contributed by atoms with Gasteiger partial charge in [0.2, 0.25) is 0 Å². The Morgan fingerprint density at radius 2 is 2.24 bits per heavy atom. The predicted octanol–water partition coefficient (Wildman–Crippen LogP) is 2.30. The number of esters is 1. The predicted molar refractivity (Wildman–Crippen MR) is 75.2 cm³/mol. The van der Waals surface area contributed by atoms with Crippen LogP contribution in [0.5, 0.6) is 0 Å². The average molecular weight is 287 g/mol. The van der Waals surface area contributed by atoms with Crippen LogP contribution in [0.15, 0.2) is 30.3 Å². The Labute approximate surface area is 122 Å². The Bertz CT molecular complexity index is 618. The number of hydrogen-bond acceptors (Lipinski definition) is 5. The van der Waals surface area contributed by atoms with Crippen molar-refractivity contribution >= 4 is 5.97 Å². The van der Waals surface area contributed by atoms with E-state index in [9.17, 15) is 4.79 Å². The maximum atomic E-state index is 11.9. The number of nitrogens with zero attached hydrogens (tertiary/aromatic N) is 3. The second-order valence-corrected chi connectivity index (χ2v) is 4.76. The van der Waals surface area contributed by atoms with Crippen LogP contribution in [0.4, 0.5) is 0 Å². The van der Waals surface area contributed by atoms with Crippen LogP contribution >= 0.6 is 0 Å². The van der Waals surface area contributed by atoms with Crippen LogP contribution < -0.4 is 0 Å². The zero-order valence-electron chi connectivity index (χ0n) is 11.9. The largest absolute Gasteiger partial charge is 0.460 e. The van der Waals surface area contributed by atoms with E-state index in [2.05, 4.69) is 10.1 Å². The fraction of sp³-hybridized carbons (Fsp3) is 0.400. The SMILES string of the molecule is CCOC(=O)c1nc(C2CCCO2)n(-c2ccccc2)n1. The monoisotopic (exact) mass is 287 g/mol. The molecule has 0 N–H and O–H groups in total. The molecule has 6 heteroatoms. The van der Waals surface area contributed by atoms with Crippen LogP contribution in [-0.2, 0) is 9.47 Å². The fourth-order valence-electron chi connectivity index (χ4n) is 2.36. The van der Waals surface area contributed by atoms with Crippen molar-refractivity contribution < 1.29 is 14.3 Å². The number of rotatable bonds is 4. The van der Waals surface area contributed by atoms with Gasteiger partial charge in [-0.3, -0.25) is 0 Å². The molecule has 0 radical (unpaired) electrons. The molecule has 1 unspecified atom stereocenters. The quantitative estimate of drug-likeness (QED) is 0.807. The lowest BCUT2D eigenvalue weighted by molar-refractivity contribution is 0.0511. The van der Waals surface area contributed by atoms with Crippen molar-refractivity contribution in [3.63, 3.8) is 0 Å². The van der Waals surface area contributed by atoms with E-state index in [0.717, 1.165) is 18.5 Å². The second-order valence-electron chi connectivity index (χ2n) is 4.76. The molecule has 6 nitrogen and oxygen atoms in total. The standard InChI is InChI=1S/C15H17N3O3/c1-2-20-15(19)13-16-14(12-9-6-10-21-12)18(17-13)11-7-4-3-5-8-11/h3-5,7-8,12H,2,6,9-10H2,1H3. The molecule has 110 valence electrons. The summed E-state index contributed by atoms with van der Waals surface area (Å²) in [5, 5.41) is 4.29. The highest BCUT2D eigenvalue weighted by Gasteiger charge is 2.27. The van der Waals surface area contributed by atoms with Gasteiger partial charge in [-0.15, -0.1) is 5.10 Å². The van der Waals surface area contributed by atoms with Gasteiger partial charge in [0.05, 0.1) is 12.3 Å². The molecule has 1 aromatic heterocycles. The summed E-state index contributed by atoms with van der Waals surface area (Å²) >= 11 is 0. The summed E-state index contributed by atoms with van der Waals surface area (Å²) in [6, 6.07) is 9.60.